The molecule has 0 saturated heterocycles. The topological polar surface area (TPSA) is 134 Å². The Morgan fingerprint density at radius 2 is 1.68 bits per heavy atom. The number of halogens is 1. The summed E-state index contributed by atoms with van der Waals surface area (Å²) in [5.74, 6) is -2.77. The molecule has 180 valence electrons. The molecule has 4 N–H and O–H groups in total. The number of benzene rings is 2. The van der Waals surface area contributed by atoms with Crippen LogP contribution in [-0.4, -0.2) is 54.5 Å². The van der Waals surface area contributed by atoms with Crippen molar-refractivity contribution in [2.24, 2.45) is 0 Å². The van der Waals surface area contributed by atoms with Gasteiger partial charge in [-0.1, -0.05) is 24.3 Å². The van der Waals surface area contributed by atoms with Gasteiger partial charge < -0.3 is 25.8 Å². The summed E-state index contributed by atoms with van der Waals surface area (Å²) in [7, 11) is 1.19. The maximum atomic E-state index is 12.9. The molecule has 0 unspecified atom stereocenters. The second-order valence-electron chi connectivity index (χ2n) is 7.35. The van der Waals surface area contributed by atoms with E-state index in [4.69, 9.17) is 4.74 Å². The smallest absolute Gasteiger partial charge is 0.328 e. The van der Waals surface area contributed by atoms with Crippen LogP contribution in [0.5, 0.6) is 5.75 Å². The first-order valence-corrected chi connectivity index (χ1v) is 10.3. The number of phenols is 1. The van der Waals surface area contributed by atoms with Gasteiger partial charge in [0.05, 0.1) is 13.7 Å². The molecule has 2 aromatic rings. The Labute approximate surface area is 196 Å². The van der Waals surface area contributed by atoms with E-state index in [1.807, 2.05) is 0 Å². The van der Waals surface area contributed by atoms with E-state index in [0.717, 1.165) is 0 Å². The number of nitrogens with one attached hydrogen (secondary N) is 3. The van der Waals surface area contributed by atoms with Crippen LogP contribution >= 0.6 is 0 Å². The molecule has 0 bridgehead atoms. The number of carbonyl (C=O) groups is 4. The standard InChI is InChI=1S/C24H26FN3O6/c1-15(27-21(30)12-7-16-3-8-18(25)9-4-16)23(32)26-14-22(31)28-20(24(33)34-2)13-17-5-10-19(29)11-6-17/h3-12,15,20,29H,13-14H2,1-2H3,(H,26,32)(H,27,30)(H,28,31)/b12-7+/t15-,20-/m0/s1. The van der Waals surface area contributed by atoms with E-state index < -0.39 is 48.1 Å². The van der Waals surface area contributed by atoms with E-state index in [2.05, 4.69) is 16.0 Å². The second kappa shape index (κ2) is 12.7. The summed E-state index contributed by atoms with van der Waals surface area (Å²) in [5, 5.41) is 16.7. The van der Waals surface area contributed by atoms with Gasteiger partial charge in [-0.05, 0) is 48.4 Å². The lowest BCUT2D eigenvalue weighted by Crippen LogP contribution is -2.50. The van der Waals surface area contributed by atoms with Gasteiger partial charge in [0.15, 0.2) is 0 Å². The largest absolute Gasteiger partial charge is 0.508 e. The molecule has 0 heterocycles. The Hall–Kier alpha value is -4.21. The quantitative estimate of drug-likeness (QED) is 0.303. The number of methoxy groups -OCH3 is 1. The summed E-state index contributed by atoms with van der Waals surface area (Å²) < 4.78 is 17.6. The van der Waals surface area contributed by atoms with Crippen molar-refractivity contribution < 1.29 is 33.4 Å². The summed E-state index contributed by atoms with van der Waals surface area (Å²) in [5.41, 5.74) is 1.29. The normalized spacial score (nSPS) is 12.4. The number of rotatable bonds is 10. The van der Waals surface area contributed by atoms with E-state index in [9.17, 15) is 28.7 Å². The van der Waals surface area contributed by atoms with Crippen molar-refractivity contribution in [3.63, 3.8) is 0 Å². The minimum Gasteiger partial charge on any atom is -0.508 e. The summed E-state index contributed by atoms with van der Waals surface area (Å²) in [4.78, 5) is 48.5. The van der Waals surface area contributed by atoms with Gasteiger partial charge in [0, 0.05) is 12.5 Å². The number of hydrogen-bond acceptors (Lipinski definition) is 6. The summed E-state index contributed by atoms with van der Waals surface area (Å²) >= 11 is 0. The molecule has 9 nitrogen and oxygen atoms in total. The highest BCUT2D eigenvalue weighted by Gasteiger charge is 2.23. The SMILES string of the molecule is COC(=O)[C@H](Cc1ccc(O)cc1)NC(=O)CNC(=O)[C@H](C)NC(=O)/C=C/c1ccc(F)cc1. The number of hydrogen-bond donors (Lipinski definition) is 4. The molecule has 34 heavy (non-hydrogen) atoms. The minimum absolute atomic E-state index is 0.0669. The van der Waals surface area contributed by atoms with Gasteiger partial charge in [0.2, 0.25) is 17.7 Å². The van der Waals surface area contributed by atoms with Crippen LogP contribution in [0, 0.1) is 5.82 Å². The molecule has 0 aliphatic carbocycles. The van der Waals surface area contributed by atoms with E-state index in [0.29, 0.717) is 11.1 Å². The lowest BCUT2D eigenvalue weighted by molar-refractivity contribution is -0.145. The number of phenolic OH excluding ortho intramolecular Hbond substituents is 1. The second-order valence-corrected chi connectivity index (χ2v) is 7.35. The third-order valence-electron chi connectivity index (χ3n) is 4.67. The highest BCUT2D eigenvalue weighted by atomic mass is 19.1. The van der Waals surface area contributed by atoms with Crippen molar-refractivity contribution in [1.82, 2.24) is 16.0 Å². The number of carbonyl (C=O) groups excluding carboxylic acids is 4. The number of esters is 1. The van der Waals surface area contributed by atoms with E-state index in [1.54, 1.807) is 12.1 Å². The van der Waals surface area contributed by atoms with Gasteiger partial charge in [0.1, 0.15) is 23.7 Å². The molecule has 2 atom stereocenters. The Bertz CT molecular complexity index is 1040. The lowest BCUT2D eigenvalue weighted by atomic mass is 10.1. The van der Waals surface area contributed by atoms with Crippen LogP contribution in [0.4, 0.5) is 4.39 Å². The van der Waals surface area contributed by atoms with Crippen LogP contribution in [0.3, 0.4) is 0 Å². The molecule has 0 saturated carbocycles. The van der Waals surface area contributed by atoms with Crippen LogP contribution in [0.1, 0.15) is 18.1 Å². The van der Waals surface area contributed by atoms with Crippen LogP contribution in [0.25, 0.3) is 6.08 Å². The first-order valence-electron chi connectivity index (χ1n) is 10.3. The third-order valence-corrected chi connectivity index (χ3v) is 4.67. The van der Waals surface area contributed by atoms with Crippen molar-refractivity contribution >= 4 is 29.8 Å². The maximum Gasteiger partial charge on any atom is 0.328 e. The predicted molar refractivity (Wildman–Crippen MR) is 122 cm³/mol. The average molecular weight is 471 g/mol. The highest BCUT2D eigenvalue weighted by molar-refractivity contribution is 5.96. The molecule has 2 aromatic carbocycles. The Balaban J connectivity index is 1.82. The van der Waals surface area contributed by atoms with E-state index in [1.165, 1.54) is 62.6 Å². The highest BCUT2D eigenvalue weighted by Crippen LogP contribution is 2.12. The van der Waals surface area contributed by atoms with Crippen molar-refractivity contribution in [3.05, 3.63) is 71.6 Å². The van der Waals surface area contributed by atoms with Crippen molar-refractivity contribution in [2.75, 3.05) is 13.7 Å². The van der Waals surface area contributed by atoms with Gasteiger partial charge in [0.25, 0.3) is 0 Å². The number of amides is 3. The molecular weight excluding hydrogens is 445 g/mol. The van der Waals surface area contributed by atoms with Crippen LogP contribution in [0.2, 0.25) is 0 Å². The van der Waals surface area contributed by atoms with E-state index >= 15 is 0 Å². The van der Waals surface area contributed by atoms with Crippen LogP contribution < -0.4 is 16.0 Å². The molecule has 0 aliphatic heterocycles. The zero-order valence-corrected chi connectivity index (χ0v) is 18.7. The van der Waals surface area contributed by atoms with Gasteiger partial charge in [-0.25, -0.2) is 9.18 Å². The maximum absolute atomic E-state index is 12.9. The molecular formula is C24H26FN3O6. The molecule has 0 spiro atoms. The molecule has 2 rings (SSSR count). The number of aromatic hydroxyl groups is 1. The Morgan fingerprint density at radius 1 is 1.03 bits per heavy atom. The average Bonchev–Trinajstić information content (AvgIpc) is 2.82. The van der Waals surface area contributed by atoms with Gasteiger partial charge >= 0.3 is 5.97 Å². The molecule has 0 fully saturated rings. The van der Waals surface area contributed by atoms with Gasteiger partial charge in [-0.2, -0.15) is 0 Å². The molecule has 0 radical (unpaired) electrons. The predicted octanol–water partition coefficient (Wildman–Crippen LogP) is 1.07. The fraction of sp³-hybridized carbons (Fsp3) is 0.250. The van der Waals surface area contributed by atoms with Gasteiger partial charge in [-0.3, -0.25) is 14.4 Å². The zero-order valence-electron chi connectivity index (χ0n) is 18.7. The molecule has 0 aliphatic rings. The van der Waals surface area contributed by atoms with Crippen molar-refractivity contribution in [2.45, 2.75) is 25.4 Å². The first kappa shape index (κ1) is 26.0. The van der Waals surface area contributed by atoms with Gasteiger partial charge in [-0.15, -0.1) is 0 Å². The minimum atomic E-state index is -0.993. The zero-order chi connectivity index (χ0) is 25.1. The van der Waals surface area contributed by atoms with Crippen LogP contribution in [0.15, 0.2) is 54.6 Å². The molecule has 3 amide bonds. The Kier molecular flexibility index (Phi) is 9.75. The molecule has 0 aromatic heterocycles. The van der Waals surface area contributed by atoms with Crippen LogP contribution in [-0.2, 0) is 30.3 Å². The monoisotopic (exact) mass is 471 g/mol. The van der Waals surface area contributed by atoms with Crippen molar-refractivity contribution in [3.8, 4) is 5.75 Å². The molecule has 10 heteroatoms. The van der Waals surface area contributed by atoms with Crippen molar-refractivity contribution in [1.29, 1.82) is 0 Å². The summed E-state index contributed by atoms with van der Waals surface area (Å²) in [6.45, 7) is 1.02. The summed E-state index contributed by atoms with van der Waals surface area (Å²) in [6.07, 6.45) is 2.79. The first-order chi connectivity index (χ1) is 16.2. The fourth-order valence-electron chi connectivity index (χ4n) is 2.84. The number of ether oxygens (including phenoxy) is 1. The summed E-state index contributed by atoms with van der Waals surface area (Å²) in [6, 6.07) is 9.70. The fourth-order valence-corrected chi connectivity index (χ4v) is 2.84. The third kappa shape index (κ3) is 8.73. The lowest BCUT2D eigenvalue weighted by Gasteiger charge is -2.18. The Morgan fingerprint density at radius 3 is 2.29 bits per heavy atom. The van der Waals surface area contributed by atoms with E-state index in [-0.39, 0.29) is 12.2 Å².